The van der Waals surface area contributed by atoms with Crippen LogP contribution in [0.4, 0.5) is 16.5 Å². The summed E-state index contributed by atoms with van der Waals surface area (Å²) >= 11 is 1.67. The Kier molecular flexibility index (Phi) is 11.1. The van der Waals surface area contributed by atoms with Crippen LogP contribution in [0.15, 0.2) is 63.5 Å². The average Bonchev–Trinajstić information content (AvgIpc) is 3.77. The van der Waals surface area contributed by atoms with Crippen LogP contribution in [0.1, 0.15) is 79.6 Å². The van der Waals surface area contributed by atoms with Crippen LogP contribution in [0.3, 0.4) is 0 Å². The Labute approximate surface area is 264 Å². The van der Waals surface area contributed by atoms with Gasteiger partial charge in [-0.15, -0.1) is 11.3 Å². The maximum atomic E-state index is 13.2. The average molecular weight is 638 g/mol. The van der Waals surface area contributed by atoms with E-state index in [0.29, 0.717) is 30.0 Å². The lowest BCUT2D eigenvalue weighted by Gasteiger charge is -2.16. The van der Waals surface area contributed by atoms with Crippen molar-refractivity contribution < 1.29 is 18.0 Å². The van der Waals surface area contributed by atoms with Crippen LogP contribution in [-0.2, 0) is 29.3 Å². The summed E-state index contributed by atoms with van der Waals surface area (Å²) in [7, 11) is -3.73. The minimum absolute atomic E-state index is 0.260. The molecule has 1 aliphatic rings. The van der Waals surface area contributed by atoms with Gasteiger partial charge in [0.2, 0.25) is 0 Å². The Balaban J connectivity index is 1.11. The maximum Gasteiger partial charge on any atom is 0.261 e. The number of benzene rings is 2. The molecule has 1 atom stereocenters. The van der Waals surface area contributed by atoms with Crippen LogP contribution in [0.5, 0.6) is 0 Å². The molecule has 5 rings (SSSR count). The molecule has 0 bridgehead atoms. The highest BCUT2D eigenvalue weighted by atomic mass is 32.2. The van der Waals surface area contributed by atoms with E-state index in [4.69, 9.17) is 9.51 Å². The molecule has 0 radical (unpaired) electrons. The zero-order valence-electron chi connectivity index (χ0n) is 25.6. The highest BCUT2D eigenvalue weighted by molar-refractivity contribution is 7.92. The van der Waals surface area contributed by atoms with Crippen molar-refractivity contribution in [2.45, 2.75) is 82.6 Å². The zero-order valence-corrected chi connectivity index (χ0v) is 27.2. The first-order valence-electron chi connectivity index (χ1n) is 15.6. The number of hydrogen-bond acceptors (Lipinski definition) is 9. The van der Waals surface area contributed by atoms with Gasteiger partial charge in [-0.2, -0.15) is 0 Å². The number of aliphatic hydroxyl groups excluding tert-OH is 1. The minimum atomic E-state index is -3.73. The summed E-state index contributed by atoms with van der Waals surface area (Å²) in [6, 6.07) is 12.8. The first-order valence-corrected chi connectivity index (χ1v) is 18.0. The number of hydrogen-bond donors (Lipinski definition) is 3. The van der Waals surface area contributed by atoms with Crippen LogP contribution in [-0.4, -0.2) is 43.3 Å². The molecule has 236 valence electrons. The summed E-state index contributed by atoms with van der Waals surface area (Å²) in [6.45, 7) is 5.89. The minimum Gasteiger partial charge on any atom is -0.387 e. The smallest absolute Gasteiger partial charge is 0.261 e. The molecule has 1 unspecified atom stereocenters. The molecule has 0 saturated heterocycles. The SMILES string of the molecule is CCCCCCCCc1csc(N2CCc3cc(S(=O)(=O)Nc4ccc(CCNCC(O)c5conc5C)cc4)ccc32)n1. The molecular formula is C33H43N5O4S2. The van der Waals surface area contributed by atoms with Crippen molar-refractivity contribution in [3.05, 3.63) is 82.2 Å². The summed E-state index contributed by atoms with van der Waals surface area (Å²) in [5.41, 5.74) is 6.15. The topological polar surface area (TPSA) is 121 Å². The second-order valence-corrected chi connectivity index (χ2v) is 14.0. The van der Waals surface area contributed by atoms with Gasteiger partial charge in [-0.05, 0) is 80.6 Å². The number of sulfonamides is 1. The van der Waals surface area contributed by atoms with E-state index in [-0.39, 0.29) is 4.90 Å². The van der Waals surface area contributed by atoms with Gasteiger partial charge in [0.25, 0.3) is 10.0 Å². The Morgan fingerprint density at radius 2 is 1.86 bits per heavy atom. The highest BCUT2D eigenvalue weighted by Gasteiger charge is 2.25. The lowest BCUT2D eigenvalue weighted by atomic mass is 10.1. The van der Waals surface area contributed by atoms with E-state index in [1.165, 1.54) is 44.8 Å². The molecular weight excluding hydrogens is 595 g/mol. The molecule has 0 spiro atoms. The fourth-order valence-corrected chi connectivity index (χ4v) is 7.53. The van der Waals surface area contributed by atoms with E-state index in [9.17, 15) is 13.5 Å². The Bertz CT molecular complexity index is 1600. The Morgan fingerprint density at radius 3 is 2.64 bits per heavy atom. The predicted molar refractivity (Wildman–Crippen MR) is 176 cm³/mol. The highest BCUT2D eigenvalue weighted by Crippen LogP contribution is 2.37. The van der Waals surface area contributed by atoms with Crippen molar-refractivity contribution in [1.29, 1.82) is 0 Å². The number of anilines is 3. The standard InChI is InChI=1S/C33H43N5O4S2/c1-3-4-5-6-7-8-9-28-23-43-33(35-28)38-19-17-26-20-29(14-15-31(26)38)44(40,41)37-27-12-10-25(11-13-27)16-18-34-21-32(39)30-22-42-36-24(30)2/h10-15,20,22-23,32,34,37,39H,3-9,16-19,21H2,1-2H3. The molecule has 9 nitrogen and oxygen atoms in total. The quantitative estimate of drug-likeness (QED) is 0.109. The molecule has 0 fully saturated rings. The maximum absolute atomic E-state index is 13.2. The molecule has 3 N–H and O–H groups in total. The van der Waals surface area contributed by atoms with E-state index in [1.807, 2.05) is 18.2 Å². The van der Waals surface area contributed by atoms with E-state index >= 15 is 0 Å². The lowest BCUT2D eigenvalue weighted by Crippen LogP contribution is -2.24. The third-order valence-electron chi connectivity index (χ3n) is 8.09. The number of fused-ring (bicyclic) bond motifs is 1. The van der Waals surface area contributed by atoms with Gasteiger partial charge in [-0.25, -0.2) is 13.4 Å². The van der Waals surface area contributed by atoms with Crippen molar-refractivity contribution in [2.75, 3.05) is 29.3 Å². The van der Waals surface area contributed by atoms with Gasteiger partial charge < -0.3 is 19.8 Å². The molecule has 2 aromatic carbocycles. The number of rotatable bonds is 17. The molecule has 2 aromatic heterocycles. The second kappa shape index (κ2) is 15.2. The van der Waals surface area contributed by atoms with Crippen LogP contribution in [0.2, 0.25) is 0 Å². The summed E-state index contributed by atoms with van der Waals surface area (Å²) in [5, 5.41) is 20.4. The van der Waals surface area contributed by atoms with Crippen molar-refractivity contribution in [2.24, 2.45) is 0 Å². The summed E-state index contributed by atoms with van der Waals surface area (Å²) < 4.78 is 34.1. The van der Waals surface area contributed by atoms with Crippen LogP contribution >= 0.6 is 11.3 Å². The fraction of sp³-hybridized carbons (Fsp3) is 0.455. The summed E-state index contributed by atoms with van der Waals surface area (Å²) in [4.78, 5) is 7.36. The van der Waals surface area contributed by atoms with Crippen LogP contribution in [0.25, 0.3) is 0 Å². The van der Waals surface area contributed by atoms with Gasteiger partial charge in [-0.3, -0.25) is 4.72 Å². The molecule has 1 aliphatic heterocycles. The van der Waals surface area contributed by atoms with E-state index in [1.54, 1.807) is 42.5 Å². The van der Waals surface area contributed by atoms with Gasteiger partial charge in [0.1, 0.15) is 6.26 Å². The lowest BCUT2D eigenvalue weighted by molar-refractivity contribution is 0.173. The molecule has 3 heterocycles. The number of unbranched alkanes of at least 4 members (excludes halogenated alkanes) is 5. The number of aliphatic hydroxyl groups is 1. The van der Waals surface area contributed by atoms with Gasteiger partial charge >= 0.3 is 0 Å². The summed E-state index contributed by atoms with van der Waals surface area (Å²) in [5.74, 6) is 0. The molecule has 11 heteroatoms. The van der Waals surface area contributed by atoms with Gasteiger partial charge in [0.05, 0.1) is 22.4 Å². The number of aryl methyl sites for hydroxylation is 2. The molecule has 0 saturated carbocycles. The molecule has 0 aliphatic carbocycles. The number of nitrogens with one attached hydrogen (secondary N) is 2. The number of nitrogens with zero attached hydrogens (tertiary/aromatic N) is 3. The van der Waals surface area contributed by atoms with Crippen LogP contribution in [0, 0.1) is 6.92 Å². The third-order valence-corrected chi connectivity index (χ3v) is 10.4. The van der Waals surface area contributed by atoms with Gasteiger partial charge in [-0.1, -0.05) is 56.3 Å². The van der Waals surface area contributed by atoms with Crippen molar-refractivity contribution in [3.8, 4) is 0 Å². The van der Waals surface area contributed by atoms with Gasteiger partial charge in [0.15, 0.2) is 5.13 Å². The second-order valence-electron chi connectivity index (χ2n) is 11.5. The van der Waals surface area contributed by atoms with E-state index in [2.05, 4.69) is 32.4 Å². The third kappa shape index (κ3) is 8.26. The molecule has 4 aromatic rings. The predicted octanol–water partition coefficient (Wildman–Crippen LogP) is 6.70. The Hall–Kier alpha value is -3.25. The summed E-state index contributed by atoms with van der Waals surface area (Å²) in [6.07, 6.45) is 11.0. The van der Waals surface area contributed by atoms with Crippen molar-refractivity contribution in [1.82, 2.24) is 15.5 Å². The van der Waals surface area contributed by atoms with Crippen molar-refractivity contribution >= 4 is 37.9 Å². The largest absolute Gasteiger partial charge is 0.387 e. The normalized spacial score (nSPS) is 13.8. The van der Waals surface area contributed by atoms with Crippen molar-refractivity contribution in [3.63, 3.8) is 0 Å². The number of aromatic nitrogens is 2. The molecule has 0 amide bonds. The number of thiazole rings is 1. The van der Waals surface area contributed by atoms with Crippen LogP contribution < -0.4 is 14.9 Å². The van der Waals surface area contributed by atoms with Gasteiger partial charge in [0, 0.05) is 35.4 Å². The molecule has 44 heavy (non-hydrogen) atoms. The zero-order chi connectivity index (χ0) is 30.9. The first kappa shape index (κ1) is 32.2. The fourth-order valence-electron chi connectivity index (χ4n) is 5.52. The first-order chi connectivity index (χ1) is 21.3. The Morgan fingerprint density at radius 1 is 1.07 bits per heavy atom. The van der Waals surface area contributed by atoms with E-state index in [0.717, 1.165) is 53.4 Å². The van der Waals surface area contributed by atoms with E-state index < -0.39 is 16.1 Å². The monoisotopic (exact) mass is 637 g/mol.